The number of hydrogen-bond acceptors (Lipinski definition) is 5. The molecule has 0 aromatic rings. The Hall–Kier alpha value is -1.28. The van der Waals surface area contributed by atoms with E-state index in [4.69, 9.17) is 5.73 Å². The Morgan fingerprint density at radius 2 is 1.85 bits per heavy atom. The topological polar surface area (TPSA) is 87.0 Å². The van der Waals surface area contributed by atoms with Gasteiger partial charge < -0.3 is 15.5 Å². The third kappa shape index (κ3) is 4.11. The molecule has 0 aliphatic carbocycles. The maximum Gasteiger partial charge on any atom is 0.328 e. The molecule has 8 heteroatoms. The lowest BCUT2D eigenvalue weighted by molar-refractivity contribution is -0.138. The zero-order valence-electron chi connectivity index (χ0n) is 16.5. The summed E-state index contributed by atoms with van der Waals surface area (Å²) in [6, 6.07) is 0.253. The summed E-state index contributed by atoms with van der Waals surface area (Å²) in [5.41, 5.74) is 4.50. The highest BCUT2D eigenvalue weighted by molar-refractivity contribution is 7.99. The van der Waals surface area contributed by atoms with Crippen molar-refractivity contribution in [2.45, 2.75) is 57.5 Å². The molecule has 3 aliphatic heterocycles. The Morgan fingerprint density at radius 3 is 2.41 bits per heavy atom. The summed E-state index contributed by atoms with van der Waals surface area (Å²) in [5, 5.41) is 0. The minimum Gasteiger partial charge on any atom is -0.368 e. The summed E-state index contributed by atoms with van der Waals surface area (Å²) in [6.07, 6.45) is 4.54. The number of likely N-dealkylation sites (tertiary alicyclic amines) is 1. The van der Waals surface area contributed by atoms with E-state index in [1.165, 1.54) is 24.3 Å². The maximum absolute atomic E-state index is 13.2. The molecule has 2 N–H and O–H groups in total. The van der Waals surface area contributed by atoms with Crippen LogP contribution in [-0.4, -0.2) is 81.8 Å². The van der Waals surface area contributed by atoms with Crippen LogP contribution in [0.4, 0.5) is 4.79 Å². The number of hydrogen-bond donors (Lipinski definition) is 1. The van der Waals surface area contributed by atoms with Crippen LogP contribution >= 0.6 is 11.8 Å². The second-order valence-corrected chi connectivity index (χ2v) is 9.61. The van der Waals surface area contributed by atoms with Gasteiger partial charge in [-0.2, -0.15) is 11.8 Å². The van der Waals surface area contributed by atoms with Crippen LogP contribution in [0.2, 0.25) is 0 Å². The number of rotatable bonds is 6. The lowest BCUT2D eigenvalue weighted by Gasteiger charge is -2.45. The van der Waals surface area contributed by atoms with Crippen LogP contribution in [0.25, 0.3) is 0 Å². The Morgan fingerprint density at radius 1 is 1.22 bits per heavy atom. The average Bonchev–Trinajstić information content (AvgIpc) is 2.82. The van der Waals surface area contributed by atoms with Gasteiger partial charge in [0.25, 0.3) is 5.91 Å². The van der Waals surface area contributed by atoms with Crippen LogP contribution in [0, 0.1) is 5.92 Å². The second kappa shape index (κ2) is 8.39. The summed E-state index contributed by atoms with van der Waals surface area (Å²) >= 11 is 2.01. The van der Waals surface area contributed by atoms with Crippen LogP contribution in [0.1, 0.15) is 46.0 Å². The van der Waals surface area contributed by atoms with E-state index in [2.05, 4.69) is 18.7 Å². The zero-order chi connectivity index (χ0) is 19.6. The minimum absolute atomic E-state index is 0.228. The lowest BCUT2D eigenvalue weighted by Crippen LogP contribution is -2.58. The number of imide groups is 1. The standard InChI is InChI=1S/C19H32N4O3S/c1-14(2)3-8-23-18(26)22(13-16(20)24)17(25)19(23)6-9-21(10-7-19)15-4-11-27-12-5-15/h14-15H,3-13H2,1-2H3,(H2,20,24). The van der Waals surface area contributed by atoms with E-state index < -0.39 is 11.4 Å². The number of thioether (sulfide) groups is 1. The van der Waals surface area contributed by atoms with Gasteiger partial charge >= 0.3 is 6.03 Å². The van der Waals surface area contributed by atoms with Crippen molar-refractivity contribution >= 4 is 29.6 Å². The maximum atomic E-state index is 13.2. The number of primary amides is 1. The molecule has 0 radical (unpaired) electrons. The van der Waals surface area contributed by atoms with Gasteiger partial charge in [0.05, 0.1) is 0 Å². The molecule has 4 amide bonds. The third-order valence-electron chi connectivity index (χ3n) is 6.20. The Balaban J connectivity index is 1.76. The molecular weight excluding hydrogens is 364 g/mol. The first-order valence-corrected chi connectivity index (χ1v) is 11.2. The third-order valence-corrected chi connectivity index (χ3v) is 7.25. The van der Waals surface area contributed by atoms with Crippen LogP contribution in [-0.2, 0) is 9.59 Å². The normalized spacial score (nSPS) is 24.4. The van der Waals surface area contributed by atoms with Crippen molar-refractivity contribution < 1.29 is 14.4 Å². The second-order valence-electron chi connectivity index (χ2n) is 8.39. The van der Waals surface area contributed by atoms with Crippen LogP contribution in [0.3, 0.4) is 0 Å². The van der Waals surface area contributed by atoms with Gasteiger partial charge in [-0.15, -0.1) is 0 Å². The summed E-state index contributed by atoms with van der Waals surface area (Å²) in [6.45, 7) is 6.12. The minimum atomic E-state index is -0.790. The number of piperidine rings is 1. The molecule has 0 saturated carbocycles. The highest BCUT2D eigenvalue weighted by atomic mass is 32.2. The predicted molar refractivity (Wildman–Crippen MR) is 106 cm³/mol. The summed E-state index contributed by atoms with van der Waals surface area (Å²) in [5.74, 6) is 1.98. The molecule has 0 aromatic heterocycles. The van der Waals surface area contributed by atoms with Gasteiger partial charge in [0.2, 0.25) is 5.91 Å². The van der Waals surface area contributed by atoms with E-state index >= 15 is 0 Å². The molecule has 3 fully saturated rings. The van der Waals surface area contributed by atoms with Gasteiger partial charge in [-0.25, -0.2) is 4.79 Å². The van der Waals surface area contributed by atoms with Crippen LogP contribution in [0.5, 0.6) is 0 Å². The number of amides is 4. The van der Waals surface area contributed by atoms with Crippen molar-refractivity contribution in [1.29, 1.82) is 0 Å². The van der Waals surface area contributed by atoms with E-state index in [1.54, 1.807) is 4.90 Å². The SMILES string of the molecule is CC(C)CCN1C(=O)N(CC(N)=O)C(=O)C12CCN(C1CCSCC1)CC2. The van der Waals surface area contributed by atoms with E-state index in [-0.39, 0.29) is 18.5 Å². The molecule has 0 aromatic carbocycles. The van der Waals surface area contributed by atoms with Crippen LogP contribution in [0.15, 0.2) is 0 Å². The molecule has 3 rings (SSSR count). The predicted octanol–water partition coefficient (Wildman–Crippen LogP) is 1.51. The van der Waals surface area contributed by atoms with Gasteiger partial charge in [0, 0.05) is 25.7 Å². The first-order valence-electron chi connectivity index (χ1n) is 10.1. The molecule has 3 heterocycles. The highest BCUT2D eigenvalue weighted by Crippen LogP contribution is 2.39. The van der Waals surface area contributed by atoms with Crippen molar-refractivity contribution in [3.63, 3.8) is 0 Å². The Kier molecular flexibility index (Phi) is 6.35. The number of carbonyl (C=O) groups excluding carboxylic acids is 3. The molecule has 0 unspecified atom stereocenters. The van der Waals surface area contributed by atoms with Crippen molar-refractivity contribution in [3.8, 4) is 0 Å². The van der Waals surface area contributed by atoms with Gasteiger partial charge in [0.1, 0.15) is 12.1 Å². The summed E-state index contributed by atoms with van der Waals surface area (Å²) in [7, 11) is 0. The van der Waals surface area contributed by atoms with Crippen LogP contribution < -0.4 is 5.73 Å². The molecule has 3 saturated heterocycles. The largest absolute Gasteiger partial charge is 0.368 e. The molecule has 152 valence electrons. The summed E-state index contributed by atoms with van der Waals surface area (Å²) in [4.78, 5) is 42.8. The smallest absolute Gasteiger partial charge is 0.328 e. The highest BCUT2D eigenvalue weighted by Gasteiger charge is 2.58. The average molecular weight is 397 g/mol. The molecule has 0 bridgehead atoms. The monoisotopic (exact) mass is 396 g/mol. The number of urea groups is 1. The van der Waals surface area contributed by atoms with Crippen molar-refractivity contribution in [1.82, 2.24) is 14.7 Å². The fraction of sp³-hybridized carbons (Fsp3) is 0.842. The Bertz CT molecular complexity index is 584. The molecular formula is C19H32N4O3S. The van der Waals surface area contributed by atoms with E-state index in [1.807, 2.05) is 11.8 Å². The Labute approximate surface area is 166 Å². The van der Waals surface area contributed by atoms with Crippen molar-refractivity contribution in [2.75, 3.05) is 37.7 Å². The lowest BCUT2D eigenvalue weighted by atomic mass is 9.84. The summed E-state index contributed by atoms with van der Waals surface area (Å²) < 4.78 is 0. The quantitative estimate of drug-likeness (QED) is 0.688. The van der Waals surface area contributed by atoms with Gasteiger partial charge in [-0.3, -0.25) is 14.5 Å². The molecule has 1 spiro atoms. The van der Waals surface area contributed by atoms with Gasteiger partial charge in [-0.1, -0.05) is 13.8 Å². The first kappa shape index (κ1) is 20.5. The van der Waals surface area contributed by atoms with Crippen molar-refractivity contribution in [2.24, 2.45) is 11.7 Å². The molecule has 0 atom stereocenters. The first-order chi connectivity index (χ1) is 12.8. The van der Waals surface area contributed by atoms with E-state index in [0.29, 0.717) is 31.3 Å². The molecule has 3 aliphatic rings. The fourth-order valence-electron chi connectivity index (χ4n) is 4.57. The number of nitrogens with zero attached hydrogens (tertiary/aromatic N) is 3. The van der Waals surface area contributed by atoms with E-state index in [9.17, 15) is 14.4 Å². The fourth-order valence-corrected chi connectivity index (χ4v) is 5.65. The zero-order valence-corrected chi connectivity index (χ0v) is 17.3. The number of carbonyl (C=O) groups is 3. The van der Waals surface area contributed by atoms with Gasteiger partial charge in [0.15, 0.2) is 0 Å². The van der Waals surface area contributed by atoms with Crippen molar-refractivity contribution in [3.05, 3.63) is 0 Å². The molecule has 27 heavy (non-hydrogen) atoms. The number of nitrogens with two attached hydrogens (primary N) is 1. The molecule has 7 nitrogen and oxygen atoms in total. The van der Waals surface area contributed by atoms with E-state index in [0.717, 1.165) is 24.4 Å². The van der Waals surface area contributed by atoms with Gasteiger partial charge in [-0.05, 0) is 49.5 Å².